The Kier molecular flexibility index (Phi) is 5.53. The molecule has 0 saturated heterocycles. The SMILES string of the molecule is COc1ccc(C(=O)CCC(=O)NCC(=O)O)cc1. The molecule has 1 aromatic rings. The quantitative estimate of drug-likeness (QED) is 0.713. The number of hydrogen-bond acceptors (Lipinski definition) is 4. The fraction of sp³-hybridized carbons (Fsp3) is 0.308. The number of methoxy groups -OCH3 is 1. The van der Waals surface area contributed by atoms with Crippen LogP contribution in [-0.4, -0.2) is 36.4 Å². The summed E-state index contributed by atoms with van der Waals surface area (Å²) in [5.74, 6) is -1.09. The molecule has 0 heterocycles. The molecule has 1 amide bonds. The molecule has 102 valence electrons. The number of amides is 1. The highest BCUT2D eigenvalue weighted by atomic mass is 16.5. The van der Waals surface area contributed by atoms with Crippen molar-refractivity contribution in [2.45, 2.75) is 12.8 Å². The Morgan fingerprint density at radius 2 is 1.79 bits per heavy atom. The van der Waals surface area contributed by atoms with Gasteiger partial charge in [-0.25, -0.2) is 0 Å². The van der Waals surface area contributed by atoms with Gasteiger partial charge in [-0.2, -0.15) is 0 Å². The Bertz CT molecular complexity index is 466. The molecular formula is C13H15NO5. The van der Waals surface area contributed by atoms with E-state index in [0.717, 1.165) is 0 Å². The van der Waals surface area contributed by atoms with E-state index in [1.807, 2.05) is 0 Å². The molecule has 0 aliphatic carbocycles. The van der Waals surface area contributed by atoms with Crippen molar-refractivity contribution in [2.75, 3.05) is 13.7 Å². The first-order valence-corrected chi connectivity index (χ1v) is 5.68. The fourth-order valence-electron chi connectivity index (χ4n) is 1.41. The van der Waals surface area contributed by atoms with Crippen LogP contribution < -0.4 is 10.1 Å². The minimum absolute atomic E-state index is 0.0296. The molecule has 0 aliphatic heterocycles. The summed E-state index contributed by atoms with van der Waals surface area (Å²) in [6.45, 7) is -0.435. The molecule has 2 N–H and O–H groups in total. The van der Waals surface area contributed by atoms with Gasteiger partial charge in [0.05, 0.1) is 7.11 Å². The largest absolute Gasteiger partial charge is 0.497 e. The van der Waals surface area contributed by atoms with E-state index in [0.29, 0.717) is 11.3 Å². The van der Waals surface area contributed by atoms with E-state index in [4.69, 9.17) is 9.84 Å². The van der Waals surface area contributed by atoms with E-state index in [-0.39, 0.29) is 18.6 Å². The zero-order chi connectivity index (χ0) is 14.3. The van der Waals surface area contributed by atoms with Crippen LogP contribution in [0.2, 0.25) is 0 Å². The summed E-state index contributed by atoms with van der Waals surface area (Å²) in [6.07, 6.45) is 0.00984. The van der Waals surface area contributed by atoms with Crippen molar-refractivity contribution in [3.63, 3.8) is 0 Å². The molecule has 0 atom stereocenters. The number of ether oxygens (including phenoxy) is 1. The van der Waals surface area contributed by atoms with Crippen molar-refractivity contribution >= 4 is 17.7 Å². The van der Waals surface area contributed by atoms with Gasteiger partial charge < -0.3 is 15.2 Å². The number of carbonyl (C=O) groups is 3. The molecule has 0 aromatic heterocycles. The zero-order valence-corrected chi connectivity index (χ0v) is 10.5. The third kappa shape index (κ3) is 5.20. The Balaban J connectivity index is 2.42. The maximum Gasteiger partial charge on any atom is 0.322 e. The summed E-state index contributed by atoms with van der Waals surface area (Å²) >= 11 is 0. The van der Waals surface area contributed by atoms with E-state index < -0.39 is 18.4 Å². The molecule has 0 aliphatic rings. The number of carbonyl (C=O) groups excluding carboxylic acids is 2. The van der Waals surface area contributed by atoms with Crippen LogP contribution in [0.5, 0.6) is 5.75 Å². The number of Topliss-reactive ketones (excluding diaryl/α,β-unsaturated/α-hetero) is 1. The summed E-state index contributed by atoms with van der Waals surface area (Å²) in [5, 5.41) is 10.6. The van der Waals surface area contributed by atoms with Crippen LogP contribution in [-0.2, 0) is 9.59 Å². The van der Waals surface area contributed by atoms with Crippen LogP contribution in [0, 0.1) is 0 Å². The molecule has 0 bridgehead atoms. The van der Waals surface area contributed by atoms with E-state index in [1.165, 1.54) is 7.11 Å². The summed E-state index contributed by atoms with van der Waals surface area (Å²) in [4.78, 5) is 33.2. The molecule has 1 rings (SSSR count). The monoisotopic (exact) mass is 265 g/mol. The predicted molar refractivity (Wildman–Crippen MR) is 67.2 cm³/mol. The standard InChI is InChI=1S/C13H15NO5/c1-19-10-4-2-9(3-5-10)11(15)6-7-12(16)14-8-13(17)18/h2-5H,6-8H2,1H3,(H,14,16)(H,17,18). The van der Waals surface area contributed by atoms with Crippen molar-refractivity contribution in [3.8, 4) is 5.75 Å². The Morgan fingerprint density at radius 1 is 1.16 bits per heavy atom. The highest BCUT2D eigenvalue weighted by molar-refractivity contribution is 5.98. The van der Waals surface area contributed by atoms with Gasteiger partial charge in [0, 0.05) is 18.4 Å². The average Bonchev–Trinajstić information content (AvgIpc) is 2.42. The first kappa shape index (κ1) is 14.7. The van der Waals surface area contributed by atoms with Crippen LogP contribution in [0.3, 0.4) is 0 Å². The Morgan fingerprint density at radius 3 is 2.32 bits per heavy atom. The van der Waals surface area contributed by atoms with E-state index in [9.17, 15) is 14.4 Å². The number of aliphatic carboxylic acids is 1. The van der Waals surface area contributed by atoms with Crippen molar-refractivity contribution in [2.24, 2.45) is 0 Å². The molecule has 0 saturated carbocycles. The van der Waals surface area contributed by atoms with Crippen molar-refractivity contribution in [3.05, 3.63) is 29.8 Å². The number of rotatable bonds is 7. The molecule has 6 heteroatoms. The second-order valence-electron chi connectivity index (χ2n) is 3.82. The van der Waals surface area contributed by atoms with Gasteiger partial charge in [0.25, 0.3) is 0 Å². The highest BCUT2D eigenvalue weighted by Crippen LogP contribution is 2.13. The number of benzene rings is 1. The molecule has 1 aromatic carbocycles. The van der Waals surface area contributed by atoms with Crippen LogP contribution in [0.4, 0.5) is 0 Å². The smallest absolute Gasteiger partial charge is 0.322 e. The third-order valence-corrected chi connectivity index (χ3v) is 2.43. The number of carboxylic acids is 1. The lowest BCUT2D eigenvalue weighted by molar-refractivity contribution is -0.137. The van der Waals surface area contributed by atoms with Gasteiger partial charge in [-0.15, -0.1) is 0 Å². The molecule has 6 nitrogen and oxygen atoms in total. The van der Waals surface area contributed by atoms with Gasteiger partial charge in [0.15, 0.2) is 5.78 Å². The lowest BCUT2D eigenvalue weighted by Gasteiger charge is -2.03. The molecule has 0 spiro atoms. The molecule has 19 heavy (non-hydrogen) atoms. The fourth-order valence-corrected chi connectivity index (χ4v) is 1.41. The van der Waals surface area contributed by atoms with Gasteiger partial charge in [-0.3, -0.25) is 14.4 Å². The predicted octanol–water partition coefficient (Wildman–Crippen LogP) is 0.859. The maximum atomic E-state index is 11.7. The van der Waals surface area contributed by atoms with Gasteiger partial charge in [-0.05, 0) is 24.3 Å². The summed E-state index contributed by atoms with van der Waals surface area (Å²) in [7, 11) is 1.53. The maximum absolute atomic E-state index is 11.7. The summed E-state index contributed by atoms with van der Waals surface area (Å²) in [5.41, 5.74) is 0.492. The lowest BCUT2D eigenvalue weighted by atomic mass is 10.1. The Labute approximate surface area is 110 Å². The van der Waals surface area contributed by atoms with Crippen LogP contribution in [0.15, 0.2) is 24.3 Å². The van der Waals surface area contributed by atoms with Gasteiger partial charge in [0.1, 0.15) is 12.3 Å². The van der Waals surface area contributed by atoms with E-state index >= 15 is 0 Å². The summed E-state index contributed by atoms with van der Waals surface area (Å²) in [6, 6.07) is 6.57. The van der Waals surface area contributed by atoms with Gasteiger partial charge in [0.2, 0.25) is 5.91 Å². The second kappa shape index (κ2) is 7.15. The highest BCUT2D eigenvalue weighted by Gasteiger charge is 2.10. The van der Waals surface area contributed by atoms with Crippen molar-refractivity contribution in [1.29, 1.82) is 0 Å². The number of hydrogen-bond donors (Lipinski definition) is 2. The van der Waals surface area contributed by atoms with Crippen LogP contribution in [0.1, 0.15) is 23.2 Å². The third-order valence-electron chi connectivity index (χ3n) is 2.43. The minimum atomic E-state index is -1.12. The lowest BCUT2D eigenvalue weighted by Crippen LogP contribution is -2.29. The van der Waals surface area contributed by atoms with Crippen molar-refractivity contribution in [1.82, 2.24) is 5.32 Å². The molecule has 0 fully saturated rings. The Hall–Kier alpha value is -2.37. The number of nitrogens with one attached hydrogen (secondary N) is 1. The average molecular weight is 265 g/mol. The van der Waals surface area contributed by atoms with Crippen LogP contribution in [0.25, 0.3) is 0 Å². The first-order valence-electron chi connectivity index (χ1n) is 5.68. The van der Waals surface area contributed by atoms with Gasteiger partial charge in [-0.1, -0.05) is 0 Å². The number of ketones is 1. The number of carboxylic acid groups (broad SMARTS) is 1. The molecular weight excluding hydrogens is 250 g/mol. The molecule has 0 unspecified atom stereocenters. The topological polar surface area (TPSA) is 92.7 Å². The summed E-state index contributed by atoms with van der Waals surface area (Å²) < 4.78 is 4.97. The molecule has 0 radical (unpaired) electrons. The first-order chi connectivity index (χ1) is 9.02. The van der Waals surface area contributed by atoms with E-state index in [1.54, 1.807) is 24.3 Å². The zero-order valence-electron chi connectivity index (χ0n) is 10.5. The second-order valence-corrected chi connectivity index (χ2v) is 3.82. The minimum Gasteiger partial charge on any atom is -0.497 e. The van der Waals surface area contributed by atoms with Crippen LogP contribution >= 0.6 is 0 Å². The van der Waals surface area contributed by atoms with E-state index in [2.05, 4.69) is 5.32 Å². The van der Waals surface area contributed by atoms with Crippen molar-refractivity contribution < 1.29 is 24.2 Å². The van der Waals surface area contributed by atoms with Gasteiger partial charge >= 0.3 is 5.97 Å². The normalized spacial score (nSPS) is 9.74.